The van der Waals surface area contributed by atoms with Crippen LogP contribution in [-0.2, 0) is 0 Å². The smallest absolute Gasteiger partial charge is 0.0999 e. The van der Waals surface area contributed by atoms with Crippen LogP contribution < -0.4 is 4.90 Å². The summed E-state index contributed by atoms with van der Waals surface area (Å²) in [6.07, 6.45) is 1.86. The van der Waals surface area contributed by atoms with Crippen molar-refractivity contribution in [1.29, 1.82) is 5.41 Å². The SMILES string of the molecule is CCCC(=N)N(C)c1ccccc1. The molecule has 0 aliphatic rings. The van der Waals surface area contributed by atoms with Crippen LogP contribution >= 0.6 is 0 Å². The van der Waals surface area contributed by atoms with Crippen LogP contribution in [0, 0.1) is 5.41 Å². The molecule has 1 rings (SSSR count). The molecule has 1 N–H and O–H groups in total. The molecule has 0 atom stereocenters. The molecule has 0 heterocycles. The van der Waals surface area contributed by atoms with Gasteiger partial charge in [0.2, 0.25) is 0 Å². The second-order valence-corrected chi connectivity index (χ2v) is 3.09. The Kier molecular flexibility index (Phi) is 3.50. The molecule has 0 bridgehead atoms. The van der Waals surface area contributed by atoms with Gasteiger partial charge < -0.3 is 4.90 Å². The van der Waals surface area contributed by atoms with Gasteiger partial charge in [0.1, 0.15) is 0 Å². The summed E-state index contributed by atoms with van der Waals surface area (Å²) < 4.78 is 0. The zero-order chi connectivity index (χ0) is 9.68. The van der Waals surface area contributed by atoms with Gasteiger partial charge in [0.05, 0.1) is 5.84 Å². The quantitative estimate of drug-likeness (QED) is 0.556. The summed E-state index contributed by atoms with van der Waals surface area (Å²) >= 11 is 0. The second-order valence-electron chi connectivity index (χ2n) is 3.09. The van der Waals surface area contributed by atoms with Crippen molar-refractivity contribution in [3.63, 3.8) is 0 Å². The monoisotopic (exact) mass is 176 g/mol. The molecule has 0 aliphatic carbocycles. The molecule has 13 heavy (non-hydrogen) atoms. The highest BCUT2D eigenvalue weighted by Crippen LogP contribution is 2.12. The molecule has 2 heteroatoms. The Balaban J connectivity index is 2.68. The first kappa shape index (κ1) is 9.78. The first-order chi connectivity index (χ1) is 6.25. The second kappa shape index (κ2) is 4.65. The lowest BCUT2D eigenvalue weighted by Gasteiger charge is -2.19. The van der Waals surface area contributed by atoms with Crippen molar-refractivity contribution in [2.45, 2.75) is 19.8 Å². The Labute approximate surface area is 79.7 Å². The number of hydrogen-bond donors (Lipinski definition) is 1. The lowest BCUT2D eigenvalue weighted by molar-refractivity contribution is 0.958. The normalized spacial score (nSPS) is 9.69. The highest BCUT2D eigenvalue weighted by atomic mass is 15.1. The molecule has 0 aromatic heterocycles. The Bertz CT molecular complexity index is 267. The minimum absolute atomic E-state index is 0.675. The van der Waals surface area contributed by atoms with E-state index in [4.69, 9.17) is 5.41 Å². The van der Waals surface area contributed by atoms with Crippen molar-refractivity contribution >= 4 is 11.5 Å². The standard InChI is InChI=1S/C11H16N2/c1-3-7-11(12)13(2)10-8-5-4-6-9-10/h4-6,8-9,12H,3,7H2,1-2H3. The van der Waals surface area contributed by atoms with Crippen LogP contribution in [0.25, 0.3) is 0 Å². The number of amidine groups is 1. The molecule has 1 aromatic rings. The van der Waals surface area contributed by atoms with Crippen LogP contribution in [0.4, 0.5) is 5.69 Å². The first-order valence-corrected chi connectivity index (χ1v) is 4.62. The van der Waals surface area contributed by atoms with Gasteiger partial charge in [-0.1, -0.05) is 25.1 Å². The van der Waals surface area contributed by atoms with Gasteiger partial charge in [0.15, 0.2) is 0 Å². The van der Waals surface area contributed by atoms with Crippen molar-refractivity contribution in [3.05, 3.63) is 30.3 Å². The van der Waals surface area contributed by atoms with Crippen molar-refractivity contribution in [2.75, 3.05) is 11.9 Å². The minimum atomic E-state index is 0.675. The summed E-state index contributed by atoms with van der Waals surface area (Å²) in [5, 5.41) is 7.76. The lowest BCUT2D eigenvalue weighted by Crippen LogP contribution is -2.24. The number of nitrogens with one attached hydrogen (secondary N) is 1. The largest absolute Gasteiger partial charge is 0.333 e. The maximum Gasteiger partial charge on any atom is 0.0999 e. The van der Waals surface area contributed by atoms with Crippen LogP contribution in [0.3, 0.4) is 0 Å². The first-order valence-electron chi connectivity index (χ1n) is 4.62. The van der Waals surface area contributed by atoms with Crippen molar-refractivity contribution in [2.24, 2.45) is 0 Å². The van der Waals surface area contributed by atoms with Gasteiger partial charge in [-0.25, -0.2) is 0 Å². The lowest BCUT2D eigenvalue weighted by atomic mass is 10.2. The zero-order valence-corrected chi connectivity index (χ0v) is 8.25. The predicted octanol–water partition coefficient (Wildman–Crippen LogP) is 2.90. The van der Waals surface area contributed by atoms with Crippen LogP contribution in [0.2, 0.25) is 0 Å². The Morgan fingerprint density at radius 1 is 1.31 bits per heavy atom. The van der Waals surface area contributed by atoms with Crippen molar-refractivity contribution < 1.29 is 0 Å². The fourth-order valence-corrected chi connectivity index (χ4v) is 1.21. The maximum absolute atomic E-state index is 7.76. The van der Waals surface area contributed by atoms with E-state index in [9.17, 15) is 0 Å². The number of benzene rings is 1. The van der Waals surface area contributed by atoms with E-state index in [1.807, 2.05) is 42.3 Å². The number of anilines is 1. The molecule has 1 aromatic carbocycles. The molecule has 0 aliphatic heterocycles. The molecular weight excluding hydrogens is 160 g/mol. The van der Waals surface area contributed by atoms with Crippen LogP contribution in [-0.4, -0.2) is 12.9 Å². The van der Waals surface area contributed by atoms with E-state index >= 15 is 0 Å². The number of para-hydroxylation sites is 1. The Morgan fingerprint density at radius 3 is 2.46 bits per heavy atom. The molecular formula is C11H16N2. The summed E-state index contributed by atoms with van der Waals surface area (Å²) in [6, 6.07) is 10.0. The van der Waals surface area contributed by atoms with E-state index in [0.717, 1.165) is 18.5 Å². The summed E-state index contributed by atoms with van der Waals surface area (Å²) in [5.41, 5.74) is 1.08. The molecule has 0 spiro atoms. The molecule has 0 radical (unpaired) electrons. The average Bonchev–Trinajstić information content (AvgIpc) is 2.18. The molecule has 0 amide bonds. The summed E-state index contributed by atoms with van der Waals surface area (Å²) in [5.74, 6) is 0.675. The van der Waals surface area contributed by atoms with E-state index in [1.54, 1.807) is 0 Å². The van der Waals surface area contributed by atoms with Crippen LogP contribution in [0.1, 0.15) is 19.8 Å². The zero-order valence-electron chi connectivity index (χ0n) is 8.25. The molecule has 70 valence electrons. The van der Waals surface area contributed by atoms with Gasteiger partial charge in [-0.2, -0.15) is 0 Å². The summed E-state index contributed by atoms with van der Waals surface area (Å²) in [7, 11) is 1.94. The topological polar surface area (TPSA) is 27.1 Å². The van der Waals surface area contributed by atoms with E-state index in [1.165, 1.54) is 0 Å². The van der Waals surface area contributed by atoms with Crippen molar-refractivity contribution in [3.8, 4) is 0 Å². The van der Waals surface area contributed by atoms with E-state index in [2.05, 4.69) is 6.92 Å². The fourth-order valence-electron chi connectivity index (χ4n) is 1.21. The third-order valence-electron chi connectivity index (χ3n) is 2.04. The predicted molar refractivity (Wildman–Crippen MR) is 57.5 cm³/mol. The van der Waals surface area contributed by atoms with Gasteiger partial charge in [0.25, 0.3) is 0 Å². The van der Waals surface area contributed by atoms with Gasteiger partial charge in [-0.15, -0.1) is 0 Å². The van der Waals surface area contributed by atoms with Gasteiger partial charge in [-0.3, -0.25) is 5.41 Å². The molecule has 0 saturated heterocycles. The highest BCUT2D eigenvalue weighted by Gasteiger charge is 2.04. The third-order valence-corrected chi connectivity index (χ3v) is 2.04. The van der Waals surface area contributed by atoms with E-state index in [-0.39, 0.29) is 0 Å². The van der Waals surface area contributed by atoms with E-state index in [0.29, 0.717) is 5.84 Å². The summed E-state index contributed by atoms with van der Waals surface area (Å²) in [4.78, 5) is 1.92. The fraction of sp³-hybridized carbons (Fsp3) is 0.364. The average molecular weight is 176 g/mol. The minimum Gasteiger partial charge on any atom is -0.333 e. The van der Waals surface area contributed by atoms with Crippen LogP contribution in [0.5, 0.6) is 0 Å². The number of nitrogens with zero attached hydrogens (tertiary/aromatic N) is 1. The number of rotatable bonds is 3. The summed E-state index contributed by atoms with van der Waals surface area (Å²) in [6.45, 7) is 2.09. The molecule has 0 saturated carbocycles. The molecule has 0 unspecified atom stereocenters. The maximum atomic E-state index is 7.76. The molecule has 0 fully saturated rings. The Hall–Kier alpha value is -1.31. The Morgan fingerprint density at radius 2 is 1.92 bits per heavy atom. The molecule has 2 nitrogen and oxygen atoms in total. The third kappa shape index (κ3) is 2.58. The van der Waals surface area contributed by atoms with Gasteiger partial charge in [-0.05, 0) is 18.6 Å². The highest BCUT2D eigenvalue weighted by molar-refractivity contribution is 5.94. The van der Waals surface area contributed by atoms with Gasteiger partial charge >= 0.3 is 0 Å². The van der Waals surface area contributed by atoms with E-state index < -0.39 is 0 Å². The number of hydrogen-bond acceptors (Lipinski definition) is 1. The van der Waals surface area contributed by atoms with Crippen molar-refractivity contribution in [1.82, 2.24) is 0 Å². The van der Waals surface area contributed by atoms with Gasteiger partial charge in [0, 0.05) is 19.2 Å². The van der Waals surface area contributed by atoms with Crippen LogP contribution in [0.15, 0.2) is 30.3 Å².